The summed E-state index contributed by atoms with van der Waals surface area (Å²) in [5, 5.41) is 3.47. The minimum Gasteiger partial charge on any atom is -0.492 e. The maximum absolute atomic E-state index is 12.0. The molecule has 1 saturated carbocycles. The molecule has 0 radical (unpaired) electrons. The van der Waals surface area contributed by atoms with Gasteiger partial charge in [0.1, 0.15) is 23.7 Å². The molecule has 0 aromatic heterocycles. The molecule has 32 heavy (non-hydrogen) atoms. The highest BCUT2D eigenvalue weighted by atomic mass is 32.2. The van der Waals surface area contributed by atoms with Crippen molar-refractivity contribution in [3.63, 3.8) is 0 Å². The van der Waals surface area contributed by atoms with Gasteiger partial charge in [-0.15, -0.1) is 0 Å². The molecule has 2 atom stereocenters. The number of rotatable bonds is 10. The summed E-state index contributed by atoms with van der Waals surface area (Å²) in [4.78, 5) is 0. The first-order valence-electron chi connectivity index (χ1n) is 11.4. The topological polar surface area (TPSA) is 76.7 Å². The lowest BCUT2D eigenvalue weighted by atomic mass is 9.76. The van der Waals surface area contributed by atoms with Gasteiger partial charge in [-0.25, -0.2) is 13.1 Å². The second-order valence-corrected chi connectivity index (χ2v) is 11.3. The Hall–Kier alpha value is -2.09. The van der Waals surface area contributed by atoms with E-state index in [0.29, 0.717) is 5.92 Å². The zero-order valence-corrected chi connectivity index (χ0v) is 20.0. The Morgan fingerprint density at radius 2 is 1.88 bits per heavy atom. The molecule has 1 aliphatic carbocycles. The van der Waals surface area contributed by atoms with Crippen LogP contribution in [0.2, 0.25) is 0 Å². The highest BCUT2D eigenvalue weighted by Crippen LogP contribution is 2.44. The van der Waals surface area contributed by atoms with Gasteiger partial charge >= 0.3 is 0 Å². The molecule has 7 heteroatoms. The Morgan fingerprint density at radius 3 is 2.56 bits per heavy atom. The number of sulfonamides is 1. The van der Waals surface area contributed by atoms with Crippen molar-refractivity contribution in [3.8, 4) is 11.5 Å². The number of nitrogens with one attached hydrogen (secondary N) is 2. The molecule has 2 unspecified atom stereocenters. The fraction of sp³-hybridized carbons (Fsp3) is 0.520. The zero-order valence-electron chi connectivity index (χ0n) is 19.1. The summed E-state index contributed by atoms with van der Waals surface area (Å²) >= 11 is 0. The van der Waals surface area contributed by atoms with Crippen molar-refractivity contribution in [3.05, 3.63) is 59.7 Å². The molecule has 4 rings (SSSR count). The molecule has 0 spiro atoms. The van der Waals surface area contributed by atoms with Crippen molar-refractivity contribution in [1.82, 2.24) is 10.0 Å². The first kappa shape index (κ1) is 23.1. The summed E-state index contributed by atoms with van der Waals surface area (Å²) in [5.74, 6) is 2.37. The summed E-state index contributed by atoms with van der Waals surface area (Å²) in [6.07, 6.45) is 2.92. The SMILES string of the molecule is CNC1C(Cc2ccccc2)c2cc(OCCNS(=O)(=O)CC3CC3)ccc2OC1(C)C. The van der Waals surface area contributed by atoms with Gasteiger partial charge in [0.05, 0.1) is 11.8 Å². The van der Waals surface area contributed by atoms with E-state index in [2.05, 4.69) is 48.2 Å². The first-order chi connectivity index (χ1) is 15.3. The van der Waals surface area contributed by atoms with Crippen molar-refractivity contribution in [2.45, 2.75) is 50.7 Å². The summed E-state index contributed by atoms with van der Waals surface area (Å²) in [5.41, 5.74) is 2.03. The fourth-order valence-corrected chi connectivity index (χ4v) is 6.14. The molecule has 1 fully saturated rings. The van der Waals surface area contributed by atoms with Crippen LogP contribution in [0.5, 0.6) is 11.5 Å². The van der Waals surface area contributed by atoms with Crippen LogP contribution in [0, 0.1) is 5.92 Å². The molecular formula is C25H34N2O4S. The van der Waals surface area contributed by atoms with Crippen LogP contribution in [-0.2, 0) is 16.4 Å². The van der Waals surface area contributed by atoms with Gasteiger partial charge in [-0.3, -0.25) is 0 Å². The van der Waals surface area contributed by atoms with Crippen LogP contribution in [0.3, 0.4) is 0 Å². The number of benzene rings is 2. The third kappa shape index (κ3) is 5.63. The van der Waals surface area contributed by atoms with Gasteiger partial charge in [0.15, 0.2) is 0 Å². The predicted octanol–water partition coefficient (Wildman–Crippen LogP) is 3.48. The lowest BCUT2D eigenvalue weighted by Gasteiger charge is -2.45. The van der Waals surface area contributed by atoms with E-state index in [9.17, 15) is 8.42 Å². The van der Waals surface area contributed by atoms with Crippen LogP contribution in [0.1, 0.15) is 43.7 Å². The smallest absolute Gasteiger partial charge is 0.211 e. The second-order valence-electron chi connectivity index (χ2n) is 9.44. The minimum atomic E-state index is -3.21. The maximum atomic E-state index is 12.0. The standard InChI is InChI=1S/C25H34N2O4S/c1-25(2)24(26-3)22(15-18-7-5-4-6-8-18)21-16-20(11-12-23(21)31-25)30-14-13-27-32(28,29)17-19-9-10-19/h4-8,11-12,16,19,22,24,26-27H,9-10,13-15,17H2,1-3H3. The first-order valence-corrected chi connectivity index (χ1v) is 13.1. The zero-order chi connectivity index (χ0) is 22.8. The average Bonchev–Trinajstić information content (AvgIpc) is 3.55. The molecule has 2 aromatic carbocycles. The number of fused-ring (bicyclic) bond motifs is 1. The normalized spacial score (nSPS) is 22.1. The average molecular weight is 459 g/mol. The summed E-state index contributed by atoms with van der Waals surface area (Å²) < 4.78 is 39.0. The van der Waals surface area contributed by atoms with E-state index < -0.39 is 10.0 Å². The van der Waals surface area contributed by atoms with Crippen LogP contribution < -0.4 is 19.5 Å². The van der Waals surface area contributed by atoms with Gasteiger partial charge in [-0.2, -0.15) is 0 Å². The lowest BCUT2D eigenvalue weighted by molar-refractivity contribution is 0.0364. The van der Waals surface area contributed by atoms with Crippen molar-refractivity contribution in [2.24, 2.45) is 5.92 Å². The van der Waals surface area contributed by atoms with Gasteiger partial charge in [0, 0.05) is 18.0 Å². The number of ether oxygens (including phenoxy) is 2. The van der Waals surface area contributed by atoms with E-state index in [-0.39, 0.29) is 36.5 Å². The van der Waals surface area contributed by atoms with Crippen LogP contribution in [0.4, 0.5) is 0 Å². The Bertz CT molecular complexity index is 1020. The third-order valence-corrected chi connectivity index (χ3v) is 7.91. The van der Waals surface area contributed by atoms with E-state index in [4.69, 9.17) is 9.47 Å². The fourth-order valence-electron chi connectivity index (χ4n) is 4.67. The highest BCUT2D eigenvalue weighted by molar-refractivity contribution is 7.89. The number of likely N-dealkylation sites (N-methyl/N-ethyl adjacent to an activating group) is 1. The molecule has 2 N–H and O–H groups in total. The summed E-state index contributed by atoms with van der Waals surface area (Å²) in [7, 11) is -1.23. The Labute approximate surface area is 191 Å². The molecule has 0 amide bonds. The quantitative estimate of drug-likeness (QED) is 0.533. The van der Waals surface area contributed by atoms with E-state index in [1.54, 1.807) is 0 Å². The molecule has 0 bridgehead atoms. The number of hydrogen-bond donors (Lipinski definition) is 2. The largest absolute Gasteiger partial charge is 0.492 e. The van der Waals surface area contributed by atoms with Gasteiger partial charge < -0.3 is 14.8 Å². The Balaban J connectivity index is 1.47. The van der Waals surface area contributed by atoms with E-state index >= 15 is 0 Å². The van der Waals surface area contributed by atoms with Gasteiger partial charge in [-0.1, -0.05) is 30.3 Å². The van der Waals surface area contributed by atoms with Crippen LogP contribution >= 0.6 is 0 Å². The van der Waals surface area contributed by atoms with E-state index in [1.165, 1.54) is 5.56 Å². The summed E-state index contributed by atoms with van der Waals surface area (Å²) in [6, 6.07) is 16.5. The van der Waals surface area contributed by atoms with Crippen molar-refractivity contribution in [1.29, 1.82) is 0 Å². The van der Waals surface area contributed by atoms with Crippen molar-refractivity contribution >= 4 is 10.0 Å². The lowest BCUT2D eigenvalue weighted by Crippen LogP contribution is -2.55. The Kier molecular flexibility index (Phi) is 6.79. The molecule has 0 saturated heterocycles. The number of hydrogen-bond acceptors (Lipinski definition) is 5. The molecular weight excluding hydrogens is 424 g/mol. The predicted molar refractivity (Wildman–Crippen MR) is 127 cm³/mol. The highest BCUT2D eigenvalue weighted by Gasteiger charge is 2.43. The van der Waals surface area contributed by atoms with Gasteiger partial charge in [-0.05, 0) is 69.8 Å². The molecule has 1 heterocycles. The van der Waals surface area contributed by atoms with Gasteiger partial charge in [0.25, 0.3) is 0 Å². The molecule has 2 aromatic rings. The van der Waals surface area contributed by atoms with Gasteiger partial charge in [0.2, 0.25) is 10.0 Å². The van der Waals surface area contributed by atoms with E-state index in [0.717, 1.165) is 36.3 Å². The Morgan fingerprint density at radius 1 is 1.12 bits per heavy atom. The molecule has 1 aliphatic heterocycles. The monoisotopic (exact) mass is 458 g/mol. The summed E-state index contributed by atoms with van der Waals surface area (Å²) in [6.45, 7) is 4.79. The van der Waals surface area contributed by atoms with Crippen LogP contribution in [0.15, 0.2) is 48.5 Å². The minimum absolute atomic E-state index is 0.125. The molecule has 174 valence electrons. The maximum Gasteiger partial charge on any atom is 0.211 e. The third-order valence-electron chi connectivity index (χ3n) is 6.36. The molecule has 6 nitrogen and oxygen atoms in total. The van der Waals surface area contributed by atoms with Crippen LogP contribution in [0.25, 0.3) is 0 Å². The van der Waals surface area contributed by atoms with E-state index in [1.807, 2.05) is 31.3 Å². The van der Waals surface area contributed by atoms with Crippen LogP contribution in [-0.4, -0.2) is 46.0 Å². The van der Waals surface area contributed by atoms with Crippen molar-refractivity contribution < 1.29 is 17.9 Å². The van der Waals surface area contributed by atoms with Crippen molar-refractivity contribution in [2.75, 3.05) is 26.0 Å². The molecule has 2 aliphatic rings. The second kappa shape index (κ2) is 9.41.